The molecule has 3 aliphatic rings. The fourth-order valence-corrected chi connectivity index (χ4v) is 4.90. The third-order valence-corrected chi connectivity index (χ3v) is 7.49. The Hall–Kier alpha value is -2.01. The van der Waals surface area contributed by atoms with Gasteiger partial charge in [-0.1, -0.05) is 40.2 Å². The van der Waals surface area contributed by atoms with Gasteiger partial charge in [-0.25, -0.2) is 14.4 Å². The van der Waals surface area contributed by atoms with Crippen molar-refractivity contribution in [1.29, 1.82) is 0 Å². The quantitative estimate of drug-likeness (QED) is 0.292. The highest BCUT2D eigenvalue weighted by Gasteiger charge is 2.57. The van der Waals surface area contributed by atoms with Crippen molar-refractivity contribution in [3.05, 3.63) is 11.6 Å². The number of rotatable bonds is 3. The van der Waals surface area contributed by atoms with E-state index >= 15 is 0 Å². The topological polar surface area (TPSA) is 143 Å². The van der Waals surface area contributed by atoms with Crippen LogP contribution in [0.1, 0.15) is 47.5 Å². The Balaban J connectivity index is 2.05. The lowest BCUT2D eigenvalue weighted by Crippen LogP contribution is -2.61. The highest BCUT2D eigenvalue weighted by molar-refractivity contribution is 5.90. The van der Waals surface area contributed by atoms with Crippen molar-refractivity contribution in [2.75, 3.05) is 19.7 Å². The maximum atomic E-state index is 13.2. The molecule has 3 rings (SSSR count). The lowest BCUT2D eigenvalue weighted by molar-refractivity contribution is -0.214. The summed E-state index contributed by atoms with van der Waals surface area (Å²) in [6.45, 7) is 8.73. The number of aliphatic hydroxyl groups is 3. The third-order valence-electron chi connectivity index (χ3n) is 7.49. The molecule has 10 nitrogen and oxygen atoms in total. The van der Waals surface area contributed by atoms with Gasteiger partial charge in [-0.3, -0.25) is 4.90 Å². The molecule has 0 radical (unpaired) electrons. The molecule has 3 N–H and O–H groups in total. The minimum absolute atomic E-state index is 0.123. The van der Waals surface area contributed by atoms with Crippen molar-refractivity contribution in [3.63, 3.8) is 0 Å². The van der Waals surface area contributed by atoms with Crippen LogP contribution in [0.3, 0.4) is 0 Å². The molecule has 5 unspecified atom stereocenters. The maximum Gasteiger partial charge on any atom is 0.342 e. The first kappa shape index (κ1) is 25.6. The van der Waals surface area contributed by atoms with Crippen LogP contribution >= 0.6 is 0 Å². The number of ether oxygens (including phenoxy) is 3. The summed E-state index contributed by atoms with van der Waals surface area (Å²) in [5.74, 6) is -4.97. The van der Waals surface area contributed by atoms with Crippen LogP contribution < -0.4 is 0 Å². The Morgan fingerprint density at radius 3 is 2.39 bits per heavy atom. The normalized spacial score (nSPS) is 39.3. The van der Waals surface area contributed by atoms with Crippen molar-refractivity contribution in [2.24, 2.45) is 11.8 Å². The number of cyclic esters (lactones) is 2. The monoisotopic (exact) mass is 469 g/mol. The van der Waals surface area contributed by atoms with Crippen LogP contribution in [0.25, 0.3) is 0 Å². The summed E-state index contributed by atoms with van der Waals surface area (Å²) in [4.78, 5) is 41.0. The fraction of sp³-hybridized carbons (Fsp3) is 0.783. The predicted octanol–water partition coefficient (Wildman–Crippen LogP) is -0.0738. The van der Waals surface area contributed by atoms with E-state index in [4.69, 9.17) is 14.2 Å². The summed E-state index contributed by atoms with van der Waals surface area (Å²) in [6, 6.07) is -0.362. The second-order valence-corrected chi connectivity index (χ2v) is 9.62. The van der Waals surface area contributed by atoms with Gasteiger partial charge in [0.25, 0.3) is 0 Å². The second kappa shape index (κ2) is 9.32. The van der Waals surface area contributed by atoms with Gasteiger partial charge in [-0.05, 0) is 30.8 Å². The lowest BCUT2D eigenvalue weighted by atomic mass is 9.81. The van der Waals surface area contributed by atoms with E-state index in [9.17, 15) is 29.7 Å². The van der Waals surface area contributed by atoms with Crippen molar-refractivity contribution in [3.8, 4) is 0 Å². The van der Waals surface area contributed by atoms with Crippen LogP contribution in [-0.4, -0.2) is 93.4 Å². The largest absolute Gasteiger partial charge is 0.459 e. The second-order valence-electron chi connectivity index (χ2n) is 9.62. The van der Waals surface area contributed by atoms with E-state index in [2.05, 4.69) is 4.90 Å². The number of carbonyl (C=O) groups is 3. The van der Waals surface area contributed by atoms with Gasteiger partial charge in [0.15, 0.2) is 6.10 Å². The molecule has 0 bridgehead atoms. The van der Waals surface area contributed by atoms with Crippen LogP contribution in [-0.2, 0) is 28.6 Å². The molecule has 10 heteroatoms. The van der Waals surface area contributed by atoms with Crippen molar-refractivity contribution >= 4 is 17.9 Å². The maximum absolute atomic E-state index is 13.2. The number of aliphatic hydroxyl groups excluding tert-OH is 1. The van der Waals surface area contributed by atoms with Gasteiger partial charge in [-0.15, -0.1) is 0 Å². The summed E-state index contributed by atoms with van der Waals surface area (Å²) < 4.78 is 16.3. The minimum atomic E-state index is -2.57. The Labute approximate surface area is 193 Å². The van der Waals surface area contributed by atoms with Crippen molar-refractivity contribution in [1.82, 2.24) is 4.90 Å². The highest BCUT2D eigenvalue weighted by atomic mass is 16.6. The lowest BCUT2D eigenvalue weighted by Gasteiger charge is -2.39. The number of nitrogens with zero attached hydrogens (tertiary/aromatic N) is 1. The molecular weight excluding hydrogens is 434 g/mol. The smallest absolute Gasteiger partial charge is 0.342 e. The summed E-state index contributed by atoms with van der Waals surface area (Å²) >= 11 is 0. The molecule has 3 heterocycles. The van der Waals surface area contributed by atoms with E-state index < -0.39 is 59.3 Å². The fourth-order valence-electron chi connectivity index (χ4n) is 4.90. The number of hydrogen-bond acceptors (Lipinski definition) is 10. The van der Waals surface area contributed by atoms with Crippen LogP contribution in [0, 0.1) is 11.8 Å². The molecule has 0 aliphatic carbocycles. The Kier molecular flexibility index (Phi) is 7.24. The molecule has 3 aliphatic heterocycles. The molecule has 33 heavy (non-hydrogen) atoms. The molecular formula is C23H35NO9. The SMILES string of the molecule is CCC(C)C1(O)C(=O)O[C@@H]2CCN3CC=C(COC(=O)C(O)(C(C)C)C(C)OC(=O)C1O)[C@H]23. The first-order valence-corrected chi connectivity index (χ1v) is 11.5. The highest BCUT2D eigenvalue weighted by Crippen LogP contribution is 2.36. The van der Waals surface area contributed by atoms with Gasteiger partial charge in [-0.2, -0.15) is 0 Å². The molecule has 2 fully saturated rings. The Bertz CT molecular complexity index is 827. The molecule has 2 saturated heterocycles. The average Bonchev–Trinajstić information content (AvgIpc) is 3.36. The van der Waals surface area contributed by atoms with Gasteiger partial charge in [0.2, 0.25) is 11.2 Å². The summed E-state index contributed by atoms with van der Waals surface area (Å²) in [5.41, 5.74) is -4.05. The molecule has 0 saturated carbocycles. The molecule has 7 atom stereocenters. The average molecular weight is 470 g/mol. The molecule has 0 aromatic heterocycles. The standard InChI is InChI=1S/C23H35NO9/c1-6-13(4)23(30)18(25)19(26)32-14(5)22(29,12(2)3)20(27)31-11-15-7-9-24-10-8-16(17(15)24)33-21(23)28/h7,12-14,16-18,25,29-30H,6,8-11H2,1-5H3/t13?,14?,16-,17-,18?,22?,23?/m1/s1. The number of carbonyl (C=O) groups excluding carboxylic acids is 3. The zero-order valence-electron chi connectivity index (χ0n) is 19.8. The molecule has 0 aromatic carbocycles. The van der Waals surface area contributed by atoms with E-state index in [1.807, 2.05) is 6.08 Å². The van der Waals surface area contributed by atoms with Crippen LogP contribution in [0.4, 0.5) is 0 Å². The van der Waals surface area contributed by atoms with E-state index in [1.54, 1.807) is 20.8 Å². The Morgan fingerprint density at radius 2 is 1.79 bits per heavy atom. The van der Waals surface area contributed by atoms with E-state index in [0.29, 0.717) is 19.5 Å². The first-order valence-electron chi connectivity index (χ1n) is 11.5. The zero-order chi connectivity index (χ0) is 24.7. The summed E-state index contributed by atoms with van der Waals surface area (Å²) in [7, 11) is 0. The molecule has 186 valence electrons. The summed E-state index contributed by atoms with van der Waals surface area (Å²) in [5, 5.41) is 33.3. The van der Waals surface area contributed by atoms with Crippen molar-refractivity contribution < 1.29 is 43.9 Å². The molecule has 0 amide bonds. The number of hydrogen-bond donors (Lipinski definition) is 3. The van der Waals surface area contributed by atoms with Gasteiger partial charge >= 0.3 is 17.9 Å². The first-order chi connectivity index (χ1) is 15.4. The van der Waals surface area contributed by atoms with Crippen molar-refractivity contribution in [2.45, 2.75) is 83.0 Å². The van der Waals surface area contributed by atoms with Crippen LogP contribution in [0.15, 0.2) is 11.6 Å². The van der Waals surface area contributed by atoms with Crippen LogP contribution in [0.5, 0.6) is 0 Å². The van der Waals surface area contributed by atoms with E-state index in [-0.39, 0.29) is 19.1 Å². The predicted molar refractivity (Wildman–Crippen MR) is 115 cm³/mol. The molecule has 0 aromatic rings. The minimum Gasteiger partial charge on any atom is -0.459 e. The Morgan fingerprint density at radius 1 is 1.12 bits per heavy atom. The summed E-state index contributed by atoms with van der Waals surface area (Å²) in [6.07, 6.45) is -1.74. The number of esters is 3. The van der Waals surface area contributed by atoms with Gasteiger partial charge in [0.05, 0.1) is 6.04 Å². The zero-order valence-corrected chi connectivity index (χ0v) is 19.8. The van der Waals surface area contributed by atoms with Gasteiger partial charge in [0, 0.05) is 13.1 Å². The van der Waals surface area contributed by atoms with Gasteiger partial charge < -0.3 is 29.5 Å². The third kappa shape index (κ3) is 4.18. The molecule has 0 spiro atoms. The van der Waals surface area contributed by atoms with Gasteiger partial charge in [0.1, 0.15) is 18.8 Å². The van der Waals surface area contributed by atoms with Crippen LogP contribution in [0.2, 0.25) is 0 Å². The van der Waals surface area contributed by atoms with E-state index in [1.165, 1.54) is 13.8 Å². The van der Waals surface area contributed by atoms with E-state index in [0.717, 1.165) is 5.57 Å².